The van der Waals surface area contributed by atoms with Crippen LogP contribution in [0.3, 0.4) is 0 Å². The summed E-state index contributed by atoms with van der Waals surface area (Å²) in [6, 6.07) is 7.80. The van der Waals surface area contributed by atoms with Gasteiger partial charge in [-0.1, -0.05) is 0 Å². The highest BCUT2D eigenvalue weighted by Gasteiger charge is 2.38. The Morgan fingerprint density at radius 3 is 2.50 bits per heavy atom. The number of aliphatic hydroxyl groups is 2. The lowest BCUT2D eigenvalue weighted by Crippen LogP contribution is -2.41. The molecule has 3 aromatic rings. The average molecular weight is 418 g/mol. The number of hydrogen-bond donors (Lipinski definition) is 4. The number of nitrogens with one attached hydrogen (secondary N) is 2. The van der Waals surface area contributed by atoms with Crippen molar-refractivity contribution in [1.82, 2.24) is 10.3 Å². The summed E-state index contributed by atoms with van der Waals surface area (Å²) in [6.07, 6.45) is -0.0739. The van der Waals surface area contributed by atoms with Gasteiger partial charge in [-0.25, -0.2) is 13.2 Å². The number of aromatic nitrogens is 1. The van der Waals surface area contributed by atoms with Crippen molar-refractivity contribution in [2.24, 2.45) is 5.92 Å². The molecule has 1 fully saturated rings. The number of aliphatic hydroxyl groups excluding tert-OH is 2. The Balaban J connectivity index is 1.64. The zero-order valence-electron chi connectivity index (χ0n) is 16.0. The molecule has 30 heavy (non-hydrogen) atoms. The number of carbonyl (C=O) groups excluding carboxylic acids is 1. The number of H-pyrrole nitrogens is 1. The summed E-state index contributed by atoms with van der Waals surface area (Å²) in [5.41, 5.74) is 2.09. The Hall–Kier alpha value is -2.84. The van der Waals surface area contributed by atoms with Crippen LogP contribution in [0.15, 0.2) is 36.4 Å². The third-order valence-corrected chi connectivity index (χ3v) is 5.64. The van der Waals surface area contributed by atoms with Gasteiger partial charge in [0.1, 0.15) is 17.5 Å². The third-order valence-electron chi connectivity index (χ3n) is 5.64. The normalized spacial score (nSPS) is 19.5. The Morgan fingerprint density at radius 1 is 1.13 bits per heavy atom. The van der Waals surface area contributed by atoms with E-state index in [1.807, 2.05) is 0 Å². The van der Waals surface area contributed by atoms with E-state index in [1.54, 1.807) is 12.1 Å². The van der Waals surface area contributed by atoms with Gasteiger partial charge in [-0.05, 0) is 60.2 Å². The lowest BCUT2D eigenvalue weighted by Gasteiger charge is -2.35. The van der Waals surface area contributed by atoms with Gasteiger partial charge >= 0.3 is 0 Å². The number of aromatic amines is 1. The number of fused-ring (bicyclic) bond motifs is 1. The Kier molecular flexibility index (Phi) is 5.53. The molecule has 1 aliphatic carbocycles. The Labute approximate surface area is 170 Å². The largest absolute Gasteiger partial charge is 0.394 e. The van der Waals surface area contributed by atoms with Crippen LogP contribution in [0.25, 0.3) is 22.2 Å². The monoisotopic (exact) mass is 418 g/mol. The third kappa shape index (κ3) is 3.80. The molecular weight excluding hydrogens is 397 g/mol. The van der Waals surface area contributed by atoms with Gasteiger partial charge in [-0.3, -0.25) is 4.79 Å². The van der Waals surface area contributed by atoms with Crippen molar-refractivity contribution in [2.45, 2.75) is 24.9 Å². The predicted molar refractivity (Wildman–Crippen MR) is 105 cm³/mol. The minimum absolute atomic E-state index is 0.0408. The van der Waals surface area contributed by atoms with Crippen LogP contribution in [0, 0.1) is 23.4 Å². The van der Waals surface area contributed by atoms with Crippen LogP contribution >= 0.6 is 0 Å². The number of hydrogen-bond acceptors (Lipinski definition) is 3. The first-order valence-corrected chi connectivity index (χ1v) is 9.70. The second-order valence-corrected chi connectivity index (χ2v) is 7.68. The zero-order valence-corrected chi connectivity index (χ0v) is 16.0. The van der Waals surface area contributed by atoms with Gasteiger partial charge in [0.25, 0.3) is 0 Å². The van der Waals surface area contributed by atoms with E-state index in [0.717, 1.165) is 6.07 Å². The Bertz CT molecular complexity index is 1080. The Morgan fingerprint density at radius 2 is 1.83 bits per heavy atom. The van der Waals surface area contributed by atoms with E-state index in [0.29, 0.717) is 35.0 Å². The maximum Gasteiger partial charge on any atom is 0.223 e. The van der Waals surface area contributed by atoms with Gasteiger partial charge in [0, 0.05) is 23.9 Å². The summed E-state index contributed by atoms with van der Waals surface area (Å²) in [5.74, 6) is -2.47. The van der Waals surface area contributed by atoms with E-state index in [9.17, 15) is 23.1 Å². The van der Waals surface area contributed by atoms with Crippen molar-refractivity contribution in [3.05, 3.63) is 59.4 Å². The van der Waals surface area contributed by atoms with Crippen molar-refractivity contribution in [1.29, 1.82) is 0 Å². The van der Waals surface area contributed by atoms with E-state index in [4.69, 9.17) is 5.11 Å². The minimum Gasteiger partial charge on any atom is -0.394 e. The van der Waals surface area contributed by atoms with E-state index in [-0.39, 0.29) is 29.8 Å². The van der Waals surface area contributed by atoms with Crippen molar-refractivity contribution >= 4 is 16.8 Å². The maximum absolute atomic E-state index is 14.4. The molecule has 1 amide bonds. The van der Waals surface area contributed by atoms with Crippen LogP contribution in [0.4, 0.5) is 13.2 Å². The van der Waals surface area contributed by atoms with Crippen LogP contribution in [0.2, 0.25) is 0 Å². The van der Waals surface area contributed by atoms with Crippen LogP contribution in [-0.4, -0.2) is 40.4 Å². The van der Waals surface area contributed by atoms with Gasteiger partial charge < -0.3 is 20.5 Å². The summed E-state index contributed by atoms with van der Waals surface area (Å²) < 4.78 is 41.7. The number of carbonyl (C=O) groups is 1. The number of benzene rings is 2. The molecule has 1 heterocycles. The first-order valence-electron chi connectivity index (χ1n) is 9.70. The predicted octanol–water partition coefficient (Wildman–Crippen LogP) is 3.22. The molecule has 1 atom stereocenters. The quantitative estimate of drug-likeness (QED) is 0.496. The lowest BCUT2D eigenvalue weighted by molar-refractivity contribution is -0.128. The zero-order chi connectivity index (χ0) is 21.4. The molecular formula is C22H21F3N2O3. The molecule has 158 valence electrons. The second-order valence-electron chi connectivity index (χ2n) is 7.68. The molecule has 1 saturated carbocycles. The van der Waals surface area contributed by atoms with Crippen molar-refractivity contribution in [3.8, 4) is 11.3 Å². The summed E-state index contributed by atoms with van der Waals surface area (Å²) in [4.78, 5) is 15.3. The van der Waals surface area contributed by atoms with Crippen LogP contribution in [-0.2, 0) is 4.79 Å². The standard InChI is InChI=1S/C22H21F3N2O3/c23-14-3-1-11(2-4-14)20-19(17-7-15(24)8-18(25)21(17)27-20)12-5-13(6-12)22(30)26-9-16(29)10-28/h1-4,7-8,12-13,16,27-29H,5-6,9-10H2,(H,26,30)/t12-,13-,16-/m0/s1. The smallest absolute Gasteiger partial charge is 0.223 e. The van der Waals surface area contributed by atoms with Crippen molar-refractivity contribution in [2.75, 3.05) is 13.2 Å². The van der Waals surface area contributed by atoms with Crippen LogP contribution in [0.1, 0.15) is 24.3 Å². The van der Waals surface area contributed by atoms with Gasteiger partial charge in [-0.15, -0.1) is 0 Å². The van der Waals surface area contributed by atoms with Gasteiger partial charge in [0.15, 0.2) is 0 Å². The summed E-state index contributed by atoms with van der Waals surface area (Å²) in [6.45, 7) is -0.484. The van der Waals surface area contributed by atoms with Crippen LogP contribution in [0.5, 0.6) is 0 Å². The highest BCUT2D eigenvalue weighted by Crippen LogP contribution is 2.48. The first-order chi connectivity index (χ1) is 14.4. The molecule has 0 saturated heterocycles. The molecule has 4 N–H and O–H groups in total. The molecule has 0 unspecified atom stereocenters. The summed E-state index contributed by atoms with van der Waals surface area (Å²) in [7, 11) is 0. The molecule has 1 aliphatic rings. The highest BCUT2D eigenvalue weighted by atomic mass is 19.1. The fraction of sp³-hybridized carbons (Fsp3) is 0.318. The molecule has 8 heteroatoms. The highest BCUT2D eigenvalue weighted by molar-refractivity contribution is 5.92. The number of rotatable bonds is 6. The van der Waals surface area contributed by atoms with Gasteiger partial charge in [0.2, 0.25) is 5.91 Å². The summed E-state index contributed by atoms with van der Waals surface area (Å²) in [5, 5.41) is 21.2. The first kappa shape index (κ1) is 20.4. The second kappa shape index (κ2) is 8.12. The lowest BCUT2D eigenvalue weighted by atomic mass is 9.70. The topological polar surface area (TPSA) is 85.3 Å². The average Bonchev–Trinajstić information content (AvgIpc) is 3.05. The van der Waals surface area contributed by atoms with Crippen molar-refractivity contribution < 1.29 is 28.2 Å². The maximum atomic E-state index is 14.4. The fourth-order valence-electron chi connectivity index (χ4n) is 4.00. The molecule has 5 nitrogen and oxygen atoms in total. The molecule has 2 aromatic carbocycles. The minimum atomic E-state index is -1.02. The van der Waals surface area contributed by atoms with E-state index >= 15 is 0 Å². The molecule has 0 aliphatic heterocycles. The number of halogens is 3. The molecule has 4 rings (SSSR count). The van der Waals surface area contributed by atoms with Crippen LogP contribution < -0.4 is 5.32 Å². The SMILES string of the molecule is O=C(NC[C@H](O)CO)[C@H]1C[C@H](c2c(-c3ccc(F)cc3)[nH]c3c(F)cc(F)cc32)C1. The number of amides is 1. The fourth-order valence-corrected chi connectivity index (χ4v) is 4.00. The molecule has 1 aromatic heterocycles. The van der Waals surface area contributed by atoms with Crippen molar-refractivity contribution in [3.63, 3.8) is 0 Å². The molecule has 0 radical (unpaired) electrons. The van der Waals surface area contributed by atoms with E-state index in [1.165, 1.54) is 18.2 Å². The van der Waals surface area contributed by atoms with Gasteiger partial charge in [0.05, 0.1) is 23.9 Å². The molecule has 0 spiro atoms. The molecule has 0 bridgehead atoms. The van der Waals surface area contributed by atoms with Gasteiger partial charge in [-0.2, -0.15) is 0 Å². The van der Waals surface area contributed by atoms with E-state index in [2.05, 4.69) is 10.3 Å². The van der Waals surface area contributed by atoms with E-state index < -0.39 is 30.2 Å². The summed E-state index contributed by atoms with van der Waals surface area (Å²) >= 11 is 0.